The molecule has 0 saturated carbocycles. The average Bonchev–Trinajstić information content (AvgIpc) is 2.19. The first kappa shape index (κ1) is 13.3. The molecule has 16 heavy (non-hydrogen) atoms. The number of ether oxygens (including phenoxy) is 1. The third-order valence-electron chi connectivity index (χ3n) is 1.69. The Balaban J connectivity index is 2.14. The third-order valence-corrected chi connectivity index (χ3v) is 2.21. The van der Waals surface area contributed by atoms with Gasteiger partial charge in [-0.3, -0.25) is 0 Å². The quantitative estimate of drug-likeness (QED) is 0.841. The van der Waals surface area contributed by atoms with Gasteiger partial charge in [0.25, 0.3) is 0 Å². The van der Waals surface area contributed by atoms with Crippen LogP contribution in [0.15, 0.2) is 28.7 Å². The lowest BCUT2D eigenvalue weighted by Crippen LogP contribution is -2.20. The van der Waals surface area contributed by atoms with E-state index in [0.717, 1.165) is 10.2 Å². The number of nitrogens with one attached hydrogen (secondary N) is 1. The molecule has 0 aliphatic rings. The molecule has 0 atom stereocenters. The van der Waals surface area contributed by atoms with Crippen molar-refractivity contribution in [3.8, 4) is 0 Å². The number of anilines is 1. The summed E-state index contributed by atoms with van der Waals surface area (Å²) in [6.07, 6.45) is -4.25. The molecule has 0 aliphatic heterocycles. The van der Waals surface area contributed by atoms with Crippen LogP contribution in [0, 0.1) is 0 Å². The summed E-state index contributed by atoms with van der Waals surface area (Å²) in [5.74, 6) is 0. The van der Waals surface area contributed by atoms with E-state index in [2.05, 4.69) is 26.0 Å². The fraction of sp³-hybridized carbons (Fsp3) is 0.400. The van der Waals surface area contributed by atoms with Crippen molar-refractivity contribution in [2.75, 3.05) is 25.1 Å². The molecule has 0 bridgehead atoms. The lowest BCUT2D eigenvalue weighted by Gasteiger charge is -2.09. The molecule has 2 nitrogen and oxygen atoms in total. The Kier molecular flexibility index (Phi) is 5.08. The van der Waals surface area contributed by atoms with Gasteiger partial charge in [-0.05, 0) is 24.3 Å². The van der Waals surface area contributed by atoms with Crippen molar-refractivity contribution in [1.29, 1.82) is 0 Å². The fourth-order valence-electron chi connectivity index (χ4n) is 1.02. The van der Waals surface area contributed by atoms with Crippen LogP contribution in [0.3, 0.4) is 0 Å². The summed E-state index contributed by atoms with van der Waals surface area (Å²) >= 11 is 3.28. The highest BCUT2D eigenvalue weighted by Crippen LogP contribution is 2.15. The lowest BCUT2D eigenvalue weighted by atomic mass is 10.3. The van der Waals surface area contributed by atoms with Gasteiger partial charge in [-0.2, -0.15) is 13.2 Å². The smallest absolute Gasteiger partial charge is 0.383 e. The molecule has 0 heterocycles. The van der Waals surface area contributed by atoms with E-state index < -0.39 is 12.8 Å². The van der Waals surface area contributed by atoms with Crippen LogP contribution in [0.2, 0.25) is 0 Å². The first-order valence-electron chi connectivity index (χ1n) is 4.61. The lowest BCUT2D eigenvalue weighted by molar-refractivity contribution is -0.172. The Bertz CT molecular complexity index is 313. The molecule has 1 rings (SSSR count). The second-order valence-electron chi connectivity index (χ2n) is 3.10. The normalized spacial score (nSPS) is 11.5. The van der Waals surface area contributed by atoms with Gasteiger partial charge in [0.1, 0.15) is 6.61 Å². The van der Waals surface area contributed by atoms with Crippen LogP contribution < -0.4 is 5.32 Å². The van der Waals surface area contributed by atoms with E-state index in [9.17, 15) is 13.2 Å². The van der Waals surface area contributed by atoms with Gasteiger partial charge in [-0.1, -0.05) is 15.9 Å². The summed E-state index contributed by atoms with van der Waals surface area (Å²) in [5.41, 5.74) is 0.846. The number of alkyl halides is 3. The number of hydrogen-bond donors (Lipinski definition) is 1. The highest BCUT2D eigenvalue weighted by molar-refractivity contribution is 9.10. The Morgan fingerprint density at radius 2 is 1.81 bits per heavy atom. The highest BCUT2D eigenvalue weighted by atomic mass is 79.9. The first-order chi connectivity index (χ1) is 7.47. The predicted octanol–water partition coefficient (Wildman–Crippen LogP) is 3.44. The van der Waals surface area contributed by atoms with Crippen LogP contribution in [0.1, 0.15) is 0 Å². The summed E-state index contributed by atoms with van der Waals surface area (Å²) in [5, 5.41) is 2.94. The maximum atomic E-state index is 11.7. The minimum absolute atomic E-state index is 0.0234. The average molecular weight is 298 g/mol. The van der Waals surface area contributed by atoms with E-state index in [1.165, 1.54) is 0 Å². The van der Waals surface area contributed by atoms with Crippen molar-refractivity contribution in [1.82, 2.24) is 0 Å². The van der Waals surface area contributed by atoms with Gasteiger partial charge in [0.05, 0.1) is 6.61 Å². The fourth-order valence-corrected chi connectivity index (χ4v) is 1.29. The third kappa shape index (κ3) is 5.97. The van der Waals surface area contributed by atoms with E-state index in [-0.39, 0.29) is 6.61 Å². The monoisotopic (exact) mass is 297 g/mol. The molecule has 0 spiro atoms. The Morgan fingerprint density at radius 3 is 2.38 bits per heavy atom. The molecule has 0 aromatic heterocycles. The van der Waals surface area contributed by atoms with Crippen molar-refractivity contribution in [3.05, 3.63) is 28.7 Å². The Hall–Kier alpha value is -0.750. The van der Waals surface area contributed by atoms with Crippen molar-refractivity contribution in [2.24, 2.45) is 0 Å². The summed E-state index contributed by atoms with van der Waals surface area (Å²) < 4.78 is 40.5. The zero-order valence-corrected chi connectivity index (χ0v) is 9.94. The molecule has 6 heteroatoms. The highest BCUT2D eigenvalue weighted by Gasteiger charge is 2.27. The Labute approximate surface area is 99.9 Å². The van der Waals surface area contributed by atoms with Crippen LogP contribution in [0.4, 0.5) is 18.9 Å². The summed E-state index contributed by atoms with van der Waals surface area (Å²) in [4.78, 5) is 0. The van der Waals surface area contributed by atoms with E-state index in [0.29, 0.717) is 6.54 Å². The number of hydrogen-bond acceptors (Lipinski definition) is 2. The standard InChI is InChI=1S/C10H11BrF3NO/c11-8-1-3-9(4-2-8)15-5-6-16-7-10(12,13)14/h1-4,15H,5-7H2. The maximum Gasteiger partial charge on any atom is 0.411 e. The van der Waals surface area contributed by atoms with Gasteiger partial charge in [0, 0.05) is 16.7 Å². The number of benzene rings is 1. The van der Waals surface area contributed by atoms with Gasteiger partial charge in [-0.25, -0.2) is 0 Å². The van der Waals surface area contributed by atoms with Crippen LogP contribution in [0.5, 0.6) is 0 Å². The number of halogens is 4. The summed E-state index contributed by atoms with van der Waals surface area (Å²) in [6, 6.07) is 7.35. The molecule has 1 aromatic rings. The molecule has 0 unspecified atom stereocenters. The van der Waals surface area contributed by atoms with Crippen LogP contribution in [-0.2, 0) is 4.74 Å². The summed E-state index contributed by atoms with van der Waals surface area (Å²) in [6.45, 7) is -0.831. The largest absolute Gasteiger partial charge is 0.411 e. The van der Waals surface area contributed by atoms with Gasteiger partial charge in [-0.15, -0.1) is 0 Å². The van der Waals surface area contributed by atoms with E-state index in [1.54, 1.807) is 0 Å². The van der Waals surface area contributed by atoms with Crippen molar-refractivity contribution in [3.63, 3.8) is 0 Å². The molecular formula is C10H11BrF3NO. The Morgan fingerprint density at radius 1 is 1.19 bits per heavy atom. The van der Waals surface area contributed by atoms with Gasteiger partial charge in [0.2, 0.25) is 0 Å². The van der Waals surface area contributed by atoms with E-state index in [4.69, 9.17) is 0 Å². The van der Waals surface area contributed by atoms with E-state index in [1.807, 2.05) is 24.3 Å². The minimum Gasteiger partial charge on any atom is -0.383 e. The minimum atomic E-state index is -4.25. The molecule has 90 valence electrons. The molecule has 0 amide bonds. The van der Waals surface area contributed by atoms with Gasteiger partial charge in [0.15, 0.2) is 0 Å². The molecular weight excluding hydrogens is 287 g/mol. The molecule has 0 radical (unpaired) electrons. The maximum absolute atomic E-state index is 11.7. The topological polar surface area (TPSA) is 21.3 Å². The predicted molar refractivity (Wildman–Crippen MR) is 59.5 cm³/mol. The molecule has 1 N–H and O–H groups in total. The van der Waals surface area contributed by atoms with Crippen molar-refractivity contribution < 1.29 is 17.9 Å². The molecule has 0 aliphatic carbocycles. The first-order valence-corrected chi connectivity index (χ1v) is 5.40. The van der Waals surface area contributed by atoms with Gasteiger partial charge >= 0.3 is 6.18 Å². The molecule has 0 fully saturated rings. The summed E-state index contributed by atoms with van der Waals surface area (Å²) in [7, 11) is 0. The number of rotatable bonds is 5. The van der Waals surface area contributed by atoms with Gasteiger partial charge < -0.3 is 10.1 Å². The van der Waals surface area contributed by atoms with Crippen LogP contribution in [0.25, 0.3) is 0 Å². The zero-order valence-electron chi connectivity index (χ0n) is 8.35. The van der Waals surface area contributed by atoms with Crippen molar-refractivity contribution >= 4 is 21.6 Å². The zero-order chi connectivity index (χ0) is 12.0. The SMILES string of the molecule is FC(F)(F)COCCNc1ccc(Br)cc1. The molecule has 0 saturated heterocycles. The second kappa shape index (κ2) is 6.10. The van der Waals surface area contributed by atoms with Crippen LogP contribution >= 0.6 is 15.9 Å². The van der Waals surface area contributed by atoms with Crippen LogP contribution in [-0.4, -0.2) is 25.9 Å². The molecule has 1 aromatic carbocycles. The van der Waals surface area contributed by atoms with E-state index >= 15 is 0 Å². The van der Waals surface area contributed by atoms with Crippen molar-refractivity contribution in [2.45, 2.75) is 6.18 Å². The second-order valence-corrected chi connectivity index (χ2v) is 4.02.